The molecular weight excluding hydrogens is 348 g/mol. The molecule has 1 fully saturated rings. The van der Waals surface area contributed by atoms with Gasteiger partial charge in [0.2, 0.25) is 0 Å². The highest BCUT2D eigenvalue weighted by Gasteiger charge is 2.30. The van der Waals surface area contributed by atoms with Crippen molar-refractivity contribution < 1.29 is 19.1 Å². The van der Waals surface area contributed by atoms with E-state index in [0.29, 0.717) is 27.3 Å². The van der Waals surface area contributed by atoms with E-state index in [-0.39, 0.29) is 12.5 Å². The number of ether oxygens (including phenoxy) is 2. The van der Waals surface area contributed by atoms with E-state index >= 15 is 0 Å². The minimum Gasteiger partial charge on any atom is -0.493 e. The van der Waals surface area contributed by atoms with Gasteiger partial charge in [0.15, 0.2) is 18.1 Å². The summed E-state index contributed by atoms with van der Waals surface area (Å²) in [6.07, 6.45) is 3.35. The largest absolute Gasteiger partial charge is 0.493 e. The fraction of sp³-hybridized carbons (Fsp3) is 0.188. The molecule has 8 heteroatoms. The number of nitrogens with two attached hydrogens (primary N) is 1. The Kier molecular flexibility index (Phi) is 5.99. The van der Waals surface area contributed by atoms with Crippen molar-refractivity contribution in [3.05, 3.63) is 41.3 Å². The summed E-state index contributed by atoms with van der Waals surface area (Å²) in [5, 5.41) is 0. The Hall–Kier alpha value is -2.32. The highest BCUT2D eigenvalue weighted by atomic mass is 32.2. The topological polar surface area (TPSA) is 81.9 Å². The molecule has 6 nitrogen and oxygen atoms in total. The zero-order valence-electron chi connectivity index (χ0n) is 13.0. The molecule has 2 amide bonds. The number of hydrogen-bond acceptors (Lipinski definition) is 6. The summed E-state index contributed by atoms with van der Waals surface area (Å²) in [6, 6.07) is 5.10. The second-order valence-corrected chi connectivity index (χ2v) is 6.42. The molecule has 1 aliphatic rings. The molecule has 1 aromatic rings. The van der Waals surface area contributed by atoms with E-state index in [0.717, 1.165) is 5.56 Å². The molecule has 2 N–H and O–H groups in total. The first kappa shape index (κ1) is 18.0. The average molecular weight is 364 g/mol. The summed E-state index contributed by atoms with van der Waals surface area (Å²) in [4.78, 5) is 25.1. The predicted molar refractivity (Wildman–Crippen MR) is 97.8 cm³/mol. The van der Waals surface area contributed by atoms with Gasteiger partial charge in [-0.3, -0.25) is 14.5 Å². The van der Waals surface area contributed by atoms with Crippen LogP contribution in [0.2, 0.25) is 0 Å². The molecule has 0 atom stereocenters. The SMILES string of the molecule is C=CCN1C(=O)/C(=C/c2ccc(OCC(N)=O)c(OC)c2)SC1=S. The van der Waals surface area contributed by atoms with Gasteiger partial charge in [0, 0.05) is 6.54 Å². The van der Waals surface area contributed by atoms with Gasteiger partial charge in [-0.25, -0.2) is 0 Å². The van der Waals surface area contributed by atoms with Crippen LogP contribution in [-0.4, -0.2) is 41.3 Å². The number of amides is 2. The normalized spacial score (nSPS) is 15.7. The van der Waals surface area contributed by atoms with Gasteiger partial charge in [0.1, 0.15) is 4.32 Å². The monoisotopic (exact) mass is 364 g/mol. The molecule has 0 aliphatic carbocycles. The molecule has 0 radical (unpaired) electrons. The van der Waals surface area contributed by atoms with Crippen LogP contribution in [-0.2, 0) is 9.59 Å². The highest BCUT2D eigenvalue weighted by molar-refractivity contribution is 8.26. The zero-order chi connectivity index (χ0) is 17.7. The third-order valence-electron chi connectivity index (χ3n) is 3.04. The van der Waals surface area contributed by atoms with E-state index in [1.54, 1.807) is 30.4 Å². The van der Waals surface area contributed by atoms with Crippen molar-refractivity contribution in [3.8, 4) is 11.5 Å². The third-order valence-corrected chi connectivity index (χ3v) is 4.42. The van der Waals surface area contributed by atoms with Crippen LogP contribution in [0.3, 0.4) is 0 Å². The number of benzene rings is 1. The first-order chi connectivity index (χ1) is 11.5. The van der Waals surface area contributed by atoms with Crippen molar-refractivity contribution in [2.24, 2.45) is 5.73 Å². The fourth-order valence-electron chi connectivity index (χ4n) is 1.98. The Morgan fingerprint density at radius 3 is 2.83 bits per heavy atom. The molecule has 2 rings (SSSR count). The zero-order valence-corrected chi connectivity index (χ0v) is 14.6. The second-order valence-electron chi connectivity index (χ2n) is 4.75. The van der Waals surface area contributed by atoms with Gasteiger partial charge in [-0.05, 0) is 23.8 Å². The summed E-state index contributed by atoms with van der Waals surface area (Å²) in [7, 11) is 1.49. The number of carbonyl (C=O) groups excluding carboxylic acids is 2. The molecule has 0 bridgehead atoms. The molecule has 24 heavy (non-hydrogen) atoms. The Balaban J connectivity index is 2.23. The Bertz CT molecular complexity index is 731. The van der Waals surface area contributed by atoms with Gasteiger partial charge in [0.25, 0.3) is 11.8 Å². The van der Waals surface area contributed by atoms with E-state index in [9.17, 15) is 9.59 Å². The van der Waals surface area contributed by atoms with Crippen LogP contribution in [0.25, 0.3) is 6.08 Å². The number of carbonyl (C=O) groups is 2. The average Bonchev–Trinajstić information content (AvgIpc) is 2.81. The molecule has 0 saturated carbocycles. The minimum atomic E-state index is -0.577. The van der Waals surface area contributed by atoms with Crippen molar-refractivity contribution >= 4 is 46.2 Å². The number of thiocarbonyl (C=S) groups is 1. The fourth-order valence-corrected chi connectivity index (χ4v) is 3.26. The lowest BCUT2D eigenvalue weighted by molar-refractivity contribution is -0.122. The minimum absolute atomic E-state index is 0.155. The summed E-state index contributed by atoms with van der Waals surface area (Å²) >= 11 is 6.43. The quantitative estimate of drug-likeness (QED) is 0.452. The molecule has 0 spiro atoms. The Labute approximate surface area is 149 Å². The van der Waals surface area contributed by atoms with Gasteiger partial charge in [-0.15, -0.1) is 6.58 Å². The Morgan fingerprint density at radius 2 is 2.21 bits per heavy atom. The number of primary amides is 1. The molecule has 126 valence electrons. The van der Waals surface area contributed by atoms with Crippen LogP contribution >= 0.6 is 24.0 Å². The summed E-state index contributed by atoms with van der Waals surface area (Å²) in [5.74, 6) is 0.101. The summed E-state index contributed by atoms with van der Waals surface area (Å²) in [5.41, 5.74) is 5.81. The molecule has 1 aromatic carbocycles. The Morgan fingerprint density at radius 1 is 1.46 bits per heavy atom. The maximum absolute atomic E-state index is 12.3. The number of nitrogens with zero attached hydrogens (tertiary/aromatic N) is 1. The molecule has 0 unspecified atom stereocenters. The third kappa shape index (κ3) is 4.15. The summed E-state index contributed by atoms with van der Waals surface area (Å²) in [6.45, 7) is 3.76. The van der Waals surface area contributed by atoms with E-state index in [2.05, 4.69) is 6.58 Å². The van der Waals surface area contributed by atoms with Crippen molar-refractivity contribution in [1.29, 1.82) is 0 Å². The second kappa shape index (κ2) is 7.98. The van der Waals surface area contributed by atoms with Crippen molar-refractivity contribution in [2.45, 2.75) is 0 Å². The van der Waals surface area contributed by atoms with Crippen LogP contribution in [0.4, 0.5) is 0 Å². The lowest BCUT2D eigenvalue weighted by Gasteiger charge is -2.11. The van der Waals surface area contributed by atoms with Crippen LogP contribution in [0.1, 0.15) is 5.56 Å². The van der Waals surface area contributed by atoms with Gasteiger partial charge < -0.3 is 15.2 Å². The van der Waals surface area contributed by atoms with Crippen LogP contribution < -0.4 is 15.2 Å². The number of hydrogen-bond donors (Lipinski definition) is 1. The van der Waals surface area contributed by atoms with Crippen molar-refractivity contribution in [3.63, 3.8) is 0 Å². The molecule has 1 saturated heterocycles. The van der Waals surface area contributed by atoms with Crippen LogP contribution in [0.5, 0.6) is 11.5 Å². The molecule has 0 aromatic heterocycles. The van der Waals surface area contributed by atoms with Gasteiger partial charge >= 0.3 is 0 Å². The van der Waals surface area contributed by atoms with Crippen molar-refractivity contribution in [2.75, 3.05) is 20.3 Å². The van der Waals surface area contributed by atoms with Crippen LogP contribution in [0, 0.1) is 0 Å². The van der Waals surface area contributed by atoms with E-state index in [1.807, 2.05) is 0 Å². The van der Waals surface area contributed by atoms with Crippen molar-refractivity contribution in [1.82, 2.24) is 4.90 Å². The maximum atomic E-state index is 12.3. The smallest absolute Gasteiger partial charge is 0.266 e. The molecule has 1 aliphatic heterocycles. The molecular formula is C16H16N2O4S2. The highest BCUT2D eigenvalue weighted by Crippen LogP contribution is 2.34. The predicted octanol–water partition coefficient (Wildman–Crippen LogP) is 1.95. The van der Waals surface area contributed by atoms with Gasteiger partial charge in [-0.1, -0.05) is 36.1 Å². The number of thioether (sulfide) groups is 1. The van der Waals surface area contributed by atoms with Crippen LogP contribution in [0.15, 0.2) is 35.8 Å². The maximum Gasteiger partial charge on any atom is 0.266 e. The molecule has 1 heterocycles. The number of rotatable bonds is 7. The van der Waals surface area contributed by atoms with E-state index < -0.39 is 5.91 Å². The number of methoxy groups -OCH3 is 1. The lowest BCUT2D eigenvalue weighted by atomic mass is 10.2. The van der Waals surface area contributed by atoms with Gasteiger partial charge in [-0.2, -0.15) is 0 Å². The lowest BCUT2D eigenvalue weighted by Crippen LogP contribution is -2.27. The van der Waals surface area contributed by atoms with Gasteiger partial charge in [0.05, 0.1) is 12.0 Å². The first-order valence-corrected chi connectivity index (χ1v) is 8.14. The first-order valence-electron chi connectivity index (χ1n) is 6.91. The van der Waals surface area contributed by atoms with E-state index in [1.165, 1.54) is 23.8 Å². The standard InChI is InChI=1S/C16H16N2O4S2/c1-3-6-18-15(20)13(24-16(18)23)8-10-4-5-11(12(7-10)21-2)22-9-14(17)19/h3-5,7-8H,1,6,9H2,2H3,(H2,17,19)/b13-8-. The van der Waals surface area contributed by atoms with E-state index in [4.69, 9.17) is 27.4 Å². The summed E-state index contributed by atoms with van der Waals surface area (Å²) < 4.78 is 11.0.